The molecule has 0 aliphatic rings. The Kier molecular flexibility index (Phi) is 13.6. The summed E-state index contributed by atoms with van der Waals surface area (Å²) in [6.07, 6.45) is 3.81. The highest BCUT2D eigenvalue weighted by atomic mass is 127. The van der Waals surface area contributed by atoms with Crippen molar-refractivity contribution in [3.8, 4) is 17.4 Å². The summed E-state index contributed by atoms with van der Waals surface area (Å²) in [5.41, 5.74) is 1.06. The molecule has 0 saturated heterocycles. The number of hydrogen-bond acceptors (Lipinski definition) is 5. The van der Waals surface area contributed by atoms with Crippen molar-refractivity contribution >= 4 is 29.9 Å². The quantitative estimate of drug-likeness (QED) is 0.185. The first-order chi connectivity index (χ1) is 14.2. The molecule has 0 atom stereocenters. The van der Waals surface area contributed by atoms with Crippen molar-refractivity contribution in [2.45, 2.75) is 33.2 Å². The molecule has 2 rings (SSSR count). The van der Waals surface area contributed by atoms with Crippen molar-refractivity contribution < 1.29 is 14.2 Å². The molecular weight excluding hydrogens is 495 g/mol. The maximum absolute atomic E-state index is 5.84. The SMILES string of the molecule is CCOCCCCNC(=NC)NCc1ccnc(Oc2ccc(OCC)cc2)c1.I. The van der Waals surface area contributed by atoms with Gasteiger partial charge < -0.3 is 24.8 Å². The summed E-state index contributed by atoms with van der Waals surface area (Å²) in [4.78, 5) is 8.54. The first-order valence-electron chi connectivity index (χ1n) is 10.1. The number of aromatic nitrogens is 1. The van der Waals surface area contributed by atoms with Gasteiger partial charge in [-0.05, 0) is 62.6 Å². The highest BCUT2D eigenvalue weighted by Crippen LogP contribution is 2.23. The monoisotopic (exact) mass is 528 g/mol. The summed E-state index contributed by atoms with van der Waals surface area (Å²) in [6.45, 7) is 7.67. The van der Waals surface area contributed by atoms with Crippen LogP contribution in [0.25, 0.3) is 0 Å². The molecule has 0 saturated carbocycles. The lowest BCUT2D eigenvalue weighted by atomic mass is 10.2. The van der Waals surface area contributed by atoms with E-state index in [1.807, 2.05) is 50.2 Å². The van der Waals surface area contributed by atoms with Gasteiger partial charge in [-0.1, -0.05) is 0 Å². The molecule has 2 aromatic rings. The van der Waals surface area contributed by atoms with Crippen LogP contribution < -0.4 is 20.1 Å². The third-order valence-electron chi connectivity index (χ3n) is 4.05. The predicted molar refractivity (Wildman–Crippen MR) is 131 cm³/mol. The second-order valence-corrected chi connectivity index (χ2v) is 6.27. The van der Waals surface area contributed by atoms with E-state index < -0.39 is 0 Å². The number of pyridine rings is 1. The Balaban J connectivity index is 0.00000450. The molecule has 0 amide bonds. The molecule has 8 heteroatoms. The summed E-state index contributed by atoms with van der Waals surface area (Å²) in [6, 6.07) is 11.4. The molecule has 0 aliphatic carbocycles. The Morgan fingerprint density at radius 3 is 2.47 bits per heavy atom. The van der Waals surface area contributed by atoms with Crippen molar-refractivity contribution in [2.75, 3.05) is 33.4 Å². The van der Waals surface area contributed by atoms with Crippen LogP contribution in [-0.2, 0) is 11.3 Å². The number of hydrogen-bond donors (Lipinski definition) is 2. The molecule has 1 aromatic heterocycles. The molecule has 1 heterocycles. The van der Waals surface area contributed by atoms with Crippen LogP contribution in [0.5, 0.6) is 17.4 Å². The summed E-state index contributed by atoms with van der Waals surface area (Å²) >= 11 is 0. The van der Waals surface area contributed by atoms with E-state index in [2.05, 4.69) is 20.6 Å². The lowest BCUT2D eigenvalue weighted by molar-refractivity contribution is 0.143. The van der Waals surface area contributed by atoms with E-state index in [0.717, 1.165) is 55.6 Å². The number of halogens is 1. The highest BCUT2D eigenvalue weighted by Gasteiger charge is 2.03. The van der Waals surface area contributed by atoms with Crippen LogP contribution in [-0.4, -0.2) is 44.4 Å². The van der Waals surface area contributed by atoms with Gasteiger partial charge in [0.1, 0.15) is 11.5 Å². The number of nitrogens with one attached hydrogen (secondary N) is 2. The topological polar surface area (TPSA) is 77.0 Å². The lowest BCUT2D eigenvalue weighted by Crippen LogP contribution is -2.37. The van der Waals surface area contributed by atoms with Crippen molar-refractivity contribution in [2.24, 2.45) is 4.99 Å². The lowest BCUT2D eigenvalue weighted by Gasteiger charge is -2.12. The maximum Gasteiger partial charge on any atom is 0.219 e. The first-order valence-corrected chi connectivity index (χ1v) is 10.1. The molecule has 7 nitrogen and oxygen atoms in total. The number of nitrogens with zero attached hydrogens (tertiary/aromatic N) is 2. The smallest absolute Gasteiger partial charge is 0.219 e. The Morgan fingerprint density at radius 2 is 1.77 bits per heavy atom. The van der Waals surface area contributed by atoms with Crippen molar-refractivity contribution in [1.29, 1.82) is 0 Å². The number of ether oxygens (including phenoxy) is 3. The summed E-state index contributed by atoms with van der Waals surface area (Å²) in [7, 11) is 1.77. The van der Waals surface area contributed by atoms with Gasteiger partial charge in [0.05, 0.1) is 6.61 Å². The standard InChI is InChI=1S/C22H32N4O3.HI/c1-4-27-15-7-6-13-25-22(23-3)26-17-18-12-14-24-21(16-18)29-20-10-8-19(9-11-20)28-5-2;/h8-12,14,16H,4-7,13,15,17H2,1-3H3,(H2,23,25,26);1H. The Hall–Kier alpha value is -2.07. The van der Waals surface area contributed by atoms with E-state index >= 15 is 0 Å². The molecule has 2 N–H and O–H groups in total. The summed E-state index contributed by atoms with van der Waals surface area (Å²) in [5, 5.41) is 6.62. The van der Waals surface area contributed by atoms with Gasteiger partial charge in [-0.15, -0.1) is 24.0 Å². The minimum absolute atomic E-state index is 0. The molecule has 0 bridgehead atoms. The number of rotatable bonds is 12. The van der Waals surface area contributed by atoms with Gasteiger partial charge in [0.25, 0.3) is 0 Å². The fraction of sp³-hybridized carbons (Fsp3) is 0.455. The second-order valence-electron chi connectivity index (χ2n) is 6.27. The predicted octanol–water partition coefficient (Wildman–Crippen LogP) is 4.37. The first kappa shape index (κ1) is 26.0. The zero-order chi connectivity index (χ0) is 20.7. The molecule has 0 radical (unpaired) electrons. The fourth-order valence-corrected chi connectivity index (χ4v) is 2.59. The van der Waals surface area contributed by atoms with E-state index in [9.17, 15) is 0 Å². The zero-order valence-electron chi connectivity index (χ0n) is 18.0. The Labute approximate surface area is 196 Å². The summed E-state index contributed by atoms with van der Waals surface area (Å²) < 4.78 is 16.6. The van der Waals surface area contributed by atoms with Gasteiger partial charge >= 0.3 is 0 Å². The van der Waals surface area contributed by atoms with Crippen LogP contribution in [0.1, 0.15) is 32.3 Å². The molecule has 0 aliphatic heterocycles. The van der Waals surface area contributed by atoms with E-state index in [1.54, 1.807) is 13.2 Å². The minimum atomic E-state index is 0. The van der Waals surface area contributed by atoms with Crippen LogP contribution >= 0.6 is 24.0 Å². The van der Waals surface area contributed by atoms with E-state index in [-0.39, 0.29) is 24.0 Å². The zero-order valence-corrected chi connectivity index (χ0v) is 20.3. The van der Waals surface area contributed by atoms with Gasteiger partial charge in [0, 0.05) is 45.6 Å². The third kappa shape index (κ3) is 10.1. The maximum atomic E-state index is 5.84. The van der Waals surface area contributed by atoms with Gasteiger partial charge in [-0.2, -0.15) is 0 Å². The summed E-state index contributed by atoms with van der Waals surface area (Å²) in [5.74, 6) is 2.86. The molecule has 30 heavy (non-hydrogen) atoms. The number of guanidine groups is 1. The Bertz CT molecular complexity index is 741. The van der Waals surface area contributed by atoms with Gasteiger partial charge in [0.15, 0.2) is 5.96 Å². The molecule has 0 fully saturated rings. The average Bonchev–Trinajstić information content (AvgIpc) is 2.74. The molecule has 0 spiro atoms. The largest absolute Gasteiger partial charge is 0.494 e. The molecule has 166 valence electrons. The van der Waals surface area contributed by atoms with E-state index in [4.69, 9.17) is 14.2 Å². The average molecular weight is 528 g/mol. The third-order valence-corrected chi connectivity index (χ3v) is 4.05. The van der Waals surface area contributed by atoms with E-state index in [1.165, 1.54) is 0 Å². The van der Waals surface area contributed by atoms with Crippen LogP contribution in [0.2, 0.25) is 0 Å². The normalized spacial score (nSPS) is 10.8. The number of aliphatic imine (C=N–C) groups is 1. The van der Waals surface area contributed by atoms with Crippen LogP contribution in [0, 0.1) is 0 Å². The fourth-order valence-electron chi connectivity index (χ4n) is 2.59. The van der Waals surface area contributed by atoms with Gasteiger partial charge in [-0.25, -0.2) is 4.98 Å². The van der Waals surface area contributed by atoms with Crippen molar-refractivity contribution in [1.82, 2.24) is 15.6 Å². The number of unbranched alkanes of at least 4 members (excludes halogenated alkanes) is 1. The van der Waals surface area contributed by atoms with Crippen LogP contribution in [0.3, 0.4) is 0 Å². The molecule has 0 unspecified atom stereocenters. The van der Waals surface area contributed by atoms with Crippen LogP contribution in [0.4, 0.5) is 0 Å². The van der Waals surface area contributed by atoms with E-state index in [0.29, 0.717) is 19.0 Å². The Morgan fingerprint density at radius 1 is 1.00 bits per heavy atom. The van der Waals surface area contributed by atoms with Gasteiger partial charge in [-0.3, -0.25) is 4.99 Å². The highest BCUT2D eigenvalue weighted by molar-refractivity contribution is 14.0. The molecular formula is C22H33IN4O3. The van der Waals surface area contributed by atoms with Crippen LogP contribution in [0.15, 0.2) is 47.6 Å². The van der Waals surface area contributed by atoms with Crippen molar-refractivity contribution in [3.63, 3.8) is 0 Å². The molecule has 1 aromatic carbocycles. The number of benzene rings is 1. The second kappa shape index (κ2) is 15.7. The minimum Gasteiger partial charge on any atom is -0.494 e. The van der Waals surface area contributed by atoms with Gasteiger partial charge in [0.2, 0.25) is 5.88 Å². The van der Waals surface area contributed by atoms with Crippen molar-refractivity contribution in [3.05, 3.63) is 48.2 Å².